The Morgan fingerprint density at radius 3 is 2.62 bits per heavy atom. The number of aryl methyl sites for hydroxylation is 1. The Morgan fingerprint density at radius 1 is 1.21 bits per heavy atom. The number of hydrogen-bond donors (Lipinski definition) is 1. The van der Waals surface area contributed by atoms with Crippen molar-refractivity contribution < 1.29 is 23.8 Å². The average molecular weight is 485 g/mol. The molecule has 180 valence electrons. The SMILES string of the molecule is COC(=O)c1c(C)[nH]c(C(=O)CSc2nnc(-c3ccc(OC)cc3)n2CC2CCCO2)c1C. The smallest absolute Gasteiger partial charge is 0.339 e. The highest BCUT2D eigenvalue weighted by Gasteiger charge is 2.25. The van der Waals surface area contributed by atoms with E-state index in [0.717, 1.165) is 30.8 Å². The van der Waals surface area contributed by atoms with Gasteiger partial charge in [-0.2, -0.15) is 0 Å². The number of aromatic amines is 1. The first-order valence-corrected chi connectivity index (χ1v) is 12.0. The number of ketones is 1. The number of methoxy groups -OCH3 is 2. The van der Waals surface area contributed by atoms with E-state index >= 15 is 0 Å². The molecule has 0 bridgehead atoms. The first kappa shape index (κ1) is 24.0. The number of esters is 1. The number of thioether (sulfide) groups is 1. The third-order valence-corrected chi connectivity index (χ3v) is 6.88. The lowest BCUT2D eigenvalue weighted by Gasteiger charge is -2.15. The van der Waals surface area contributed by atoms with E-state index in [1.54, 1.807) is 21.0 Å². The van der Waals surface area contributed by atoms with Crippen LogP contribution in [0.15, 0.2) is 29.4 Å². The predicted molar refractivity (Wildman–Crippen MR) is 128 cm³/mol. The van der Waals surface area contributed by atoms with Crippen LogP contribution in [0.2, 0.25) is 0 Å². The van der Waals surface area contributed by atoms with Gasteiger partial charge >= 0.3 is 5.97 Å². The molecule has 10 heteroatoms. The Hall–Kier alpha value is -3.11. The summed E-state index contributed by atoms with van der Waals surface area (Å²) in [5.74, 6) is 1.04. The number of aromatic nitrogens is 4. The molecule has 0 saturated carbocycles. The standard InChI is InChI=1S/C24H28N4O5S/c1-14-20(23(30)32-4)15(2)25-21(14)19(29)13-34-24-27-26-22(16-7-9-17(31-3)10-8-16)28(24)12-18-6-5-11-33-18/h7-10,18,25H,5-6,11-13H2,1-4H3. The molecule has 34 heavy (non-hydrogen) atoms. The van der Waals surface area contributed by atoms with Crippen LogP contribution in [0.3, 0.4) is 0 Å². The zero-order chi connectivity index (χ0) is 24.2. The minimum Gasteiger partial charge on any atom is -0.497 e. The van der Waals surface area contributed by atoms with Gasteiger partial charge in [0.1, 0.15) is 5.75 Å². The molecule has 1 aliphatic heterocycles. The van der Waals surface area contributed by atoms with E-state index in [-0.39, 0.29) is 17.6 Å². The third-order valence-electron chi connectivity index (χ3n) is 5.91. The summed E-state index contributed by atoms with van der Waals surface area (Å²) in [6.45, 7) is 4.86. The molecule has 0 radical (unpaired) electrons. The van der Waals surface area contributed by atoms with Crippen molar-refractivity contribution in [2.45, 2.75) is 44.5 Å². The maximum Gasteiger partial charge on any atom is 0.339 e. The largest absolute Gasteiger partial charge is 0.497 e. The Balaban J connectivity index is 1.57. The Kier molecular flexibility index (Phi) is 7.38. The van der Waals surface area contributed by atoms with Gasteiger partial charge in [-0.25, -0.2) is 4.79 Å². The van der Waals surface area contributed by atoms with Gasteiger partial charge in [0.2, 0.25) is 0 Å². The topological polar surface area (TPSA) is 108 Å². The maximum absolute atomic E-state index is 13.0. The molecule has 2 aromatic heterocycles. The van der Waals surface area contributed by atoms with E-state index in [2.05, 4.69) is 15.2 Å². The summed E-state index contributed by atoms with van der Waals surface area (Å²) in [7, 11) is 2.95. The van der Waals surface area contributed by atoms with Crippen molar-refractivity contribution in [3.8, 4) is 17.1 Å². The van der Waals surface area contributed by atoms with Crippen LogP contribution in [0.5, 0.6) is 5.75 Å². The molecule has 1 aromatic carbocycles. The van der Waals surface area contributed by atoms with Gasteiger partial charge in [-0.1, -0.05) is 11.8 Å². The second-order valence-electron chi connectivity index (χ2n) is 8.11. The summed E-state index contributed by atoms with van der Waals surface area (Å²) in [5, 5.41) is 9.44. The van der Waals surface area contributed by atoms with Gasteiger partial charge in [0.15, 0.2) is 16.8 Å². The van der Waals surface area contributed by atoms with Crippen molar-refractivity contribution in [3.63, 3.8) is 0 Å². The fourth-order valence-electron chi connectivity index (χ4n) is 4.15. The summed E-state index contributed by atoms with van der Waals surface area (Å²) < 4.78 is 18.0. The fraction of sp³-hybridized carbons (Fsp3) is 0.417. The summed E-state index contributed by atoms with van der Waals surface area (Å²) in [5.41, 5.74) is 2.92. The quantitative estimate of drug-likeness (QED) is 0.277. The summed E-state index contributed by atoms with van der Waals surface area (Å²) in [6.07, 6.45) is 2.08. The lowest BCUT2D eigenvalue weighted by atomic mass is 10.1. The first-order chi connectivity index (χ1) is 16.4. The number of H-pyrrole nitrogens is 1. The number of benzene rings is 1. The summed E-state index contributed by atoms with van der Waals surface area (Å²) in [6, 6.07) is 7.64. The molecule has 1 aliphatic rings. The van der Waals surface area contributed by atoms with Gasteiger partial charge in [0, 0.05) is 17.9 Å². The Morgan fingerprint density at radius 2 is 1.97 bits per heavy atom. The molecule has 1 fully saturated rings. The number of hydrogen-bond acceptors (Lipinski definition) is 8. The zero-order valence-corrected chi connectivity index (χ0v) is 20.5. The second-order valence-corrected chi connectivity index (χ2v) is 9.05. The maximum atomic E-state index is 13.0. The van der Waals surface area contributed by atoms with Gasteiger partial charge in [-0.05, 0) is 56.5 Å². The molecule has 0 amide bonds. The highest BCUT2D eigenvalue weighted by atomic mass is 32.2. The van der Waals surface area contributed by atoms with Gasteiger partial charge in [0.05, 0.1) is 43.9 Å². The van der Waals surface area contributed by atoms with Crippen LogP contribution in [0.25, 0.3) is 11.4 Å². The van der Waals surface area contributed by atoms with Crippen molar-refractivity contribution in [1.29, 1.82) is 0 Å². The van der Waals surface area contributed by atoms with E-state index in [9.17, 15) is 9.59 Å². The van der Waals surface area contributed by atoms with Gasteiger partial charge in [0.25, 0.3) is 0 Å². The zero-order valence-electron chi connectivity index (χ0n) is 19.7. The predicted octanol–water partition coefficient (Wildman–Crippen LogP) is 3.84. The van der Waals surface area contributed by atoms with E-state index in [4.69, 9.17) is 14.2 Å². The summed E-state index contributed by atoms with van der Waals surface area (Å²) in [4.78, 5) is 28.1. The number of Topliss-reactive ketones (excluding diaryl/α,β-unsaturated/α-hetero) is 1. The molecular formula is C24H28N4O5S. The average Bonchev–Trinajstić information content (AvgIpc) is 3.57. The van der Waals surface area contributed by atoms with Crippen LogP contribution in [0.1, 0.15) is 44.9 Å². The number of nitrogens with zero attached hydrogens (tertiary/aromatic N) is 3. The number of nitrogens with one attached hydrogen (secondary N) is 1. The van der Waals surface area contributed by atoms with Crippen LogP contribution >= 0.6 is 11.8 Å². The summed E-state index contributed by atoms with van der Waals surface area (Å²) >= 11 is 1.32. The molecule has 0 aliphatic carbocycles. The minimum absolute atomic E-state index is 0.0824. The van der Waals surface area contributed by atoms with Crippen molar-refractivity contribution in [2.24, 2.45) is 0 Å². The van der Waals surface area contributed by atoms with Gasteiger partial charge in [-0.15, -0.1) is 10.2 Å². The fourth-order valence-corrected chi connectivity index (χ4v) is 4.96. The van der Waals surface area contributed by atoms with Crippen LogP contribution in [0, 0.1) is 13.8 Å². The molecular weight excluding hydrogens is 456 g/mol. The number of carbonyl (C=O) groups excluding carboxylic acids is 2. The monoisotopic (exact) mass is 484 g/mol. The number of carbonyl (C=O) groups is 2. The van der Waals surface area contributed by atoms with Crippen LogP contribution in [0.4, 0.5) is 0 Å². The third kappa shape index (κ3) is 4.88. The minimum atomic E-state index is -0.460. The van der Waals surface area contributed by atoms with Crippen molar-refractivity contribution in [1.82, 2.24) is 19.7 Å². The Labute approximate surface area is 202 Å². The highest BCUT2D eigenvalue weighted by molar-refractivity contribution is 7.99. The van der Waals surface area contributed by atoms with Crippen LogP contribution < -0.4 is 4.74 Å². The highest BCUT2D eigenvalue weighted by Crippen LogP contribution is 2.29. The lowest BCUT2D eigenvalue weighted by molar-refractivity contribution is 0.0599. The van der Waals surface area contributed by atoms with Gasteiger partial charge < -0.3 is 19.2 Å². The number of rotatable bonds is 9. The molecule has 0 spiro atoms. The molecule has 3 aromatic rings. The van der Waals surface area contributed by atoms with Crippen molar-refractivity contribution in [2.75, 3.05) is 26.6 Å². The van der Waals surface area contributed by atoms with Gasteiger partial charge in [-0.3, -0.25) is 9.36 Å². The van der Waals surface area contributed by atoms with E-state index < -0.39 is 5.97 Å². The van der Waals surface area contributed by atoms with E-state index in [0.29, 0.717) is 40.0 Å². The van der Waals surface area contributed by atoms with Crippen LogP contribution in [-0.4, -0.2) is 64.2 Å². The second kappa shape index (κ2) is 10.4. The Bertz CT molecular complexity index is 1180. The van der Waals surface area contributed by atoms with E-state index in [1.165, 1.54) is 18.9 Å². The molecule has 1 saturated heterocycles. The molecule has 4 rings (SSSR count). The number of ether oxygens (including phenoxy) is 3. The molecule has 3 heterocycles. The van der Waals surface area contributed by atoms with Crippen molar-refractivity contribution in [3.05, 3.63) is 46.8 Å². The van der Waals surface area contributed by atoms with Crippen LogP contribution in [-0.2, 0) is 16.0 Å². The molecule has 1 N–H and O–H groups in total. The molecule has 1 atom stereocenters. The molecule has 1 unspecified atom stereocenters. The molecule has 9 nitrogen and oxygen atoms in total. The van der Waals surface area contributed by atoms with Crippen molar-refractivity contribution >= 4 is 23.5 Å². The lowest BCUT2D eigenvalue weighted by Crippen LogP contribution is -2.17. The van der Waals surface area contributed by atoms with E-state index in [1.807, 2.05) is 28.8 Å². The first-order valence-electron chi connectivity index (χ1n) is 11.1. The normalized spacial score (nSPS) is 15.5.